The minimum Gasteiger partial charge on any atom is -0.195 e. The Morgan fingerprint density at radius 3 is 1.90 bits per heavy atom. The zero-order chi connectivity index (χ0) is 8.41. The summed E-state index contributed by atoms with van der Waals surface area (Å²) in [6.45, 7) is 0. The maximum absolute atomic E-state index is 11.1. The van der Waals surface area contributed by atoms with E-state index in [0.29, 0.717) is 0 Å². The minimum absolute atomic E-state index is 0.807. The van der Waals surface area contributed by atoms with Crippen LogP contribution in [-0.2, 0) is 14.5 Å². The van der Waals surface area contributed by atoms with Crippen molar-refractivity contribution in [1.29, 1.82) is 0 Å². The van der Waals surface area contributed by atoms with Crippen LogP contribution in [-0.4, -0.2) is 21.8 Å². The van der Waals surface area contributed by atoms with Crippen LogP contribution in [0.2, 0.25) is 0 Å². The van der Waals surface area contributed by atoms with Crippen molar-refractivity contribution >= 4 is 10.3 Å². The SMILES string of the molecule is CNS(=O)(=O)OC(F)(F)F. The first kappa shape index (κ1) is 9.66. The highest BCUT2D eigenvalue weighted by atomic mass is 32.2. The van der Waals surface area contributed by atoms with E-state index in [1.165, 1.54) is 4.72 Å². The molecule has 0 bridgehead atoms. The molecule has 0 radical (unpaired) electrons. The van der Waals surface area contributed by atoms with Crippen molar-refractivity contribution < 1.29 is 25.8 Å². The van der Waals surface area contributed by atoms with Crippen molar-refractivity contribution in [2.75, 3.05) is 7.05 Å². The largest absolute Gasteiger partial charge is 0.538 e. The molecule has 0 atom stereocenters. The predicted molar refractivity (Wildman–Crippen MR) is 25.1 cm³/mol. The molecular formula is C2H4F3NO3S. The maximum Gasteiger partial charge on any atom is 0.538 e. The van der Waals surface area contributed by atoms with E-state index in [2.05, 4.69) is 4.18 Å². The highest BCUT2D eigenvalue weighted by Gasteiger charge is 2.36. The Bertz CT molecular complexity index is 194. The van der Waals surface area contributed by atoms with Gasteiger partial charge in [-0.2, -0.15) is 17.3 Å². The number of nitrogens with one attached hydrogen (secondary N) is 1. The second-order valence-corrected chi connectivity index (χ2v) is 2.67. The zero-order valence-corrected chi connectivity index (χ0v) is 5.58. The minimum atomic E-state index is -5.16. The molecule has 0 aliphatic heterocycles. The second-order valence-electron chi connectivity index (χ2n) is 1.19. The molecule has 8 heteroatoms. The Kier molecular flexibility index (Phi) is 2.63. The van der Waals surface area contributed by atoms with Crippen LogP contribution in [0.3, 0.4) is 0 Å². The lowest BCUT2D eigenvalue weighted by molar-refractivity contribution is -0.272. The Morgan fingerprint density at radius 1 is 1.40 bits per heavy atom. The average molecular weight is 179 g/mol. The van der Waals surface area contributed by atoms with E-state index < -0.39 is 16.7 Å². The molecule has 0 fully saturated rings. The molecule has 0 aliphatic rings. The molecule has 0 aliphatic carbocycles. The van der Waals surface area contributed by atoms with Crippen molar-refractivity contribution in [3.05, 3.63) is 0 Å². The van der Waals surface area contributed by atoms with Crippen LogP contribution in [0.25, 0.3) is 0 Å². The lowest BCUT2D eigenvalue weighted by atomic mass is 11.4. The van der Waals surface area contributed by atoms with Gasteiger partial charge in [0.15, 0.2) is 0 Å². The van der Waals surface area contributed by atoms with E-state index in [0.717, 1.165) is 7.05 Å². The summed E-state index contributed by atoms with van der Waals surface area (Å²) in [7, 11) is -3.85. The van der Waals surface area contributed by atoms with Gasteiger partial charge in [-0.05, 0) is 0 Å². The Morgan fingerprint density at radius 2 is 1.80 bits per heavy atom. The number of hydrogen-bond acceptors (Lipinski definition) is 3. The van der Waals surface area contributed by atoms with E-state index in [1.807, 2.05) is 0 Å². The van der Waals surface area contributed by atoms with Gasteiger partial charge in [0.05, 0.1) is 0 Å². The van der Waals surface area contributed by atoms with Crippen molar-refractivity contribution in [3.8, 4) is 0 Å². The normalized spacial score (nSPS) is 13.6. The highest BCUT2D eigenvalue weighted by molar-refractivity contribution is 7.84. The summed E-state index contributed by atoms with van der Waals surface area (Å²) in [5.74, 6) is 0. The molecule has 0 amide bonds. The maximum atomic E-state index is 11.1. The van der Waals surface area contributed by atoms with Crippen LogP contribution in [0.4, 0.5) is 13.2 Å². The Balaban J connectivity index is 4.18. The quantitative estimate of drug-likeness (QED) is 0.648. The van der Waals surface area contributed by atoms with E-state index >= 15 is 0 Å². The molecule has 0 rings (SSSR count). The summed E-state index contributed by atoms with van der Waals surface area (Å²) in [6, 6.07) is 0. The first-order chi connectivity index (χ1) is 4.27. The second kappa shape index (κ2) is 2.72. The van der Waals surface area contributed by atoms with Gasteiger partial charge in [0.1, 0.15) is 0 Å². The number of rotatable bonds is 2. The highest BCUT2D eigenvalue weighted by Crippen LogP contribution is 2.18. The Hall–Kier alpha value is -0.340. The van der Waals surface area contributed by atoms with Gasteiger partial charge >= 0.3 is 16.7 Å². The van der Waals surface area contributed by atoms with Gasteiger partial charge in [-0.3, -0.25) is 0 Å². The van der Waals surface area contributed by atoms with E-state index in [4.69, 9.17) is 0 Å². The van der Waals surface area contributed by atoms with Gasteiger partial charge in [-0.25, -0.2) is 0 Å². The zero-order valence-electron chi connectivity index (χ0n) is 4.77. The third-order valence-corrected chi connectivity index (χ3v) is 1.36. The van der Waals surface area contributed by atoms with Gasteiger partial charge in [0.25, 0.3) is 0 Å². The summed E-state index contributed by atoms with van der Waals surface area (Å²) >= 11 is 0. The summed E-state index contributed by atoms with van der Waals surface area (Å²) in [5, 5.41) is 0. The summed E-state index contributed by atoms with van der Waals surface area (Å²) < 4.78 is 57.2. The van der Waals surface area contributed by atoms with Crippen LogP contribution < -0.4 is 4.72 Å². The van der Waals surface area contributed by atoms with Crippen LogP contribution in [0.5, 0.6) is 0 Å². The molecule has 0 unspecified atom stereocenters. The van der Waals surface area contributed by atoms with Gasteiger partial charge in [0.2, 0.25) is 0 Å². The Labute approximate surface area is 55.2 Å². The molecule has 10 heavy (non-hydrogen) atoms. The fraction of sp³-hybridized carbons (Fsp3) is 1.00. The molecule has 0 heterocycles. The molecular weight excluding hydrogens is 175 g/mol. The smallest absolute Gasteiger partial charge is 0.195 e. The first-order valence-corrected chi connectivity index (χ1v) is 3.38. The van der Waals surface area contributed by atoms with Crippen LogP contribution in [0.1, 0.15) is 0 Å². The lowest BCUT2D eigenvalue weighted by Crippen LogP contribution is -2.28. The van der Waals surface area contributed by atoms with E-state index in [1.54, 1.807) is 0 Å². The molecule has 0 saturated heterocycles. The fourth-order valence-electron chi connectivity index (χ4n) is 0.166. The van der Waals surface area contributed by atoms with Crippen LogP contribution >= 0.6 is 0 Å². The summed E-state index contributed by atoms with van der Waals surface area (Å²) in [4.78, 5) is 0. The topological polar surface area (TPSA) is 55.4 Å². The first-order valence-electron chi connectivity index (χ1n) is 1.98. The molecule has 0 aromatic rings. The van der Waals surface area contributed by atoms with Gasteiger partial charge < -0.3 is 0 Å². The summed E-state index contributed by atoms with van der Waals surface area (Å²) in [5.41, 5.74) is 0. The average Bonchev–Trinajstić information content (AvgIpc) is 1.60. The summed E-state index contributed by atoms with van der Waals surface area (Å²) in [6.07, 6.45) is -5.16. The predicted octanol–water partition coefficient (Wildman–Crippen LogP) is -0.0130. The van der Waals surface area contributed by atoms with E-state index in [-0.39, 0.29) is 0 Å². The fourth-order valence-corrected chi connectivity index (χ4v) is 0.498. The van der Waals surface area contributed by atoms with Crippen molar-refractivity contribution in [1.82, 2.24) is 4.72 Å². The molecule has 0 aromatic carbocycles. The molecule has 4 nitrogen and oxygen atoms in total. The van der Waals surface area contributed by atoms with Gasteiger partial charge in [0, 0.05) is 7.05 Å². The lowest BCUT2D eigenvalue weighted by Gasteiger charge is -2.04. The number of hydrogen-bond donors (Lipinski definition) is 1. The third-order valence-electron chi connectivity index (χ3n) is 0.454. The van der Waals surface area contributed by atoms with Gasteiger partial charge in [-0.15, -0.1) is 13.2 Å². The van der Waals surface area contributed by atoms with Crippen molar-refractivity contribution in [2.45, 2.75) is 6.36 Å². The monoisotopic (exact) mass is 179 g/mol. The van der Waals surface area contributed by atoms with Crippen molar-refractivity contribution in [2.24, 2.45) is 0 Å². The molecule has 62 valence electrons. The molecule has 1 N–H and O–H groups in total. The number of alkyl halides is 3. The standard InChI is InChI=1S/C2H4F3NO3S/c1-6-10(7,8)9-2(3,4)5/h6H,1H3. The number of halogens is 3. The van der Waals surface area contributed by atoms with Gasteiger partial charge in [-0.1, -0.05) is 0 Å². The third kappa shape index (κ3) is 4.53. The van der Waals surface area contributed by atoms with Crippen LogP contribution in [0.15, 0.2) is 0 Å². The molecule has 0 aromatic heterocycles. The molecule has 0 spiro atoms. The van der Waals surface area contributed by atoms with Crippen molar-refractivity contribution in [3.63, 3.8) is 0 Å². The molecule has 0 saturated carbocycles. The van der Waals surface area contributed by atoms with E-state index in [9.17, 15) is 21.6 Å². The van der Waals surface area contributed by atoms with Crippen LogP contribution in [0, 0.1) is 0 Å².